The van der Waals surface area contributed by atoms with Crippen LogP contribution in [0.2, 0.25) is 0 Å². The standard InChI is InChI=1S/C14H7NO6/c16-13-8-4-1-2-5-9(8)14(17)12-10(13)6-3-7-11(12)20-21-15(18)19/h1-7H. The molecular formula is C14H7NO6. The lowest BCUT2D eigenvalue weighted by Crippen LogP contribution is -2.22. The summed E-state index contributed by atoms with van der Waals surface area (Å²) in [5.74, 6) is -0.952. The molecule has 0 bridgehead atoms. The second-order valence-electron chi connectivity index (χ2n) is 4.26. The number of carbonyl (C=O) groups is 2. The van der Waals surface area contributed by atoms with Gasteiger partial charge in [-0.05, 0) is 6.07 Å². The van der Waals surface area contributed by atoms with Crippen LogP contribution in [-0.2, 0) is 4.99 Å². The SMILES string of the molecule is O=C1c2ccccc2C(=O)c2c(OO[N+](=O)[O-])cccc21. The fourth-order valence-electron chi connectivity index (χ4n) is 2.25. The van der Waals surface area contributed by atoms with Crippen molar-refractivity contribution in [3.05, 3.63) is 74.8 Å². The van der Waals surface area contributed by atoms with Gasteiger partial charge in [0, 0.05) is 16.7 Å². The normalized spacial score (nSPS) is 12.4. The van der Waals surface area contributed by atoms with E-state index in [1.165, 1.54) is 24.3 Å². The molecule has 0 saturated heterocycles. The van der Waals surface area contributed by atoms with Crippen LogP contribution in [-0.4, -0.2) is 16.7 Å². The van der Waals surface area contributed by atoms with E-state index in [1.54, 1.807) is 18.2 Å². The van der Waals surface area contributed by atoms with Gasteiger partial charge in [0.2, 0.25) is 0 Å². The van der Waals surface area contributed by atoms with Crippen molar-refractivity contribution < 1.29 is 24.6 Å². The summed E-state index contributed by atoms with van der Waals surface area (Å²) in [7, 11) is 0. The van der Waals surface area contributed by atoms with Crippen molar-refractivity contribution in [1.29, 1.82) is 0 Å². The number of fused-ring (bicyclic) bond motifs is 2. The molecule has 0 saturated carbocycles. The molecule has 0 radical (unpaired) electrons. The number of ketones is 2. The topological polar surface area (TPSA) is 95.7 Å². The Morgan fingerprint density at radius 1 is 0.857 bits per heavy atom. The average molecular weight is 285 g/mol. The van der Waals surface area contributed by atoms with Crippen molar-refractivity contribution in [3.63, 3.8) is 0 Å². The molecule has 0 heterocycles. The summed E-state index contributed by atoms with van der Waals surface area (Å²) in [4.78, 5) is 43.4. The van der Waals surface area contributed by atoms with Gasteiger partial charge in [-0.15, -0.1) is 10.1 Å². The van der Waals surface area contributed by atoms with E-state index in [4.69, 9.17) is 0 Å². The average Bonchev–Trinajstić information content (AvgIpc) is 2.50. The van der Waals surface area contributed by atoms with Crippen LogP contribution >= 0.6 is 0 Å². The van der Waals surface area contributed by atoms with Gasteiger partial charge in [-0.25, -0.2) is 0 Å². The zero-order valence-electron chi connectivity index (χ0n) is 10.4. The maximum atomic E-state index is 12.5. The lowest BCUT2D eigenvalue weighted by molar-refractivity contribution is -0.832. The van der Waals surface area contributed by atoms with Gasteiger partial charge in [-0.1, -0.05) is 41.4 Å². The molecule has 7 heteroatoms. The smallest absolute Gasteiger partial charge is 0.299 e. The third-order valence-corrected chi connectivity index (χ3v) is 3.10. The maximum Gasteiger partial charge on any atom is 0.331 e. The molecule has 0 unspecified atom stereocenters. The third kappa shape index (κ3) is 2.00. The highest BCUT2D eigenvalue weighted by Gasteiger charge is 2.32. The van der Waals surface area contributed by atoms with Crippen LogP contribution < -0.4 is 4.89 Å². The molecule has 2 aromatic rings. The predicted molar refractivity (Wildman–Crippen MR) is 68.5 cm³/mol. The van der Waals surface area contributed by atoms with Gasteiger partial charge in [-0.2, -0.15) is 0 Å². The summed E-state index contributed by atoms with van der Waals surface area (Å²) < 4.78 is 0. The van der Waals surface area contributed by atoms with Gasteiger partial charge < -0.3 is 0 Å². The van der Waals surface area contributed by atoms with E-state index in [9.17, 15) is 19.7 Å². The van der Waals surface area contributed by atoms with Crippen molar-refractivity contribution in [3.8, 4) is 5.75 Å². The Balaban J connectivity index is 2.14. The molecule has 21 heavy (non-hydrogen) atoms. The highest BCUT2D eigenvalue weighted by molar-refractivity contribution is 6.29. The zero-order valence-corrected chi connectivity index (χ0v) is 10.4. The number of benzene rings is 2. The van der Waals surface area contributed by atoms with E-state index in [1.807, 2.05) is 0 Å². The van der Waals surface area contributed by atoms with Gasteiger partial charge in [-0.3, -0.25) is 14.5 Å². The molecule has 2 aromatic carbocycles. The van der Waals surface area contributed by atoms with Gasteiger partial charge in [0.15, 0.2) is 17.3 Å². The molecule has 104 valence electrons. The number of hydrogen-bond acceptors (Lipinski definition) is 6. The predicted octanol–water partition coefficient (Wildman–Crippen LogP) is 1.96. The number of rotatable bonds is 3. The summed E-state index contributed by atoms with van der Waals surface area (Å²) in [6, 6.07) is 10.6. The first-order chi connectivity index (χ1) is 10.1. The summed E-state index contributed by atoms with van der Waals surface area (Å²) in [6.45, 7) is 0. The van der Waals surface area contributed by atoms with E-state index in [2.05, 4.69) is 9.88 Å². The first-order valence-electron chi connectivity index (χ1n) is 5.90. The van der Waals surface area contributed by atoms with Crippen molar-refractivity contribution in [2.75, 3.05) is 0 Å². The molecule has 0 N–H and O–H groups in total. The summed E-state index contributed by atoms with van der Waals surface area (Å²) in [6.07, 6.45) is 0. The third-order valence-electron chi connectivity index (χ3n) is 3.10. The zero-order chi connectivity index (χ0) is 15.0. The van der Waals surface area contributed by atoms with Gasteiger partial charge >= 0.3 is 5.09 Å². The number of hydrogen-bond donors (Lipinski definition) is 0. The second-order valence-corrected chi connectivity index (χ2v) is 4.26. The van der Waals surface area contributed by atoms with Gasteiger partial charge in [0.05, 0.1) is 5.56 Å². The van der Waals surface area contributed by atoms with Crippen LogP contribution in [0.3, 0.4) is 0 Å². The summed E-state index contributed by atoms with van der Waals surface area (Å²) in [5.41, 5.74) is 0.612. The quantitative estimate of drug-likeness (QED) is 0.414. The molecule has 0 atom stereocenters. The Labute approximate surface area is 117 Å². The van der Waals surface area contributed by atoms with E-state index >= 15 is 0 Å². The molecule has 0 aromatic heterocycles. The monoisotopic (exact) mass is 285 g/mol. The molecule has 0 fully saturated rings. The van der Waals surface area contributed by atoms with Crippen LogP contribution in [0.15, 0.2) is 42.5 Å². The van der Waals surface area contributed by atoms with Gasteiger partial charge in [0.25, 0.3) is 0 Å². The van der Waals surface area contributed by atoms with Gasteiger partial charge in [0.1, 0.15) is 0 Å². The van der Waals surface area contributed by atoms with E-state index < -0.39 is 10.9 Å². The fraction of sp³-hybridized carbons (Fsp3) is 0. The highest BCUT2D eigenvalue weighted by Crippen LogP contribution is 2.33. The highest BCUT2D eigenvalue weighted by atomic mass is 17.3. The van der Waals surface area contributed by atoms with E-state index in [0.29, 0.717) is 5.56 Å². The first kappa shape index (κ1) is 12.8. The molecule has 1 aliphatic carbocycles. The van der Waals surface area contributed by atoms with E-state index in [0.717, 1.165) is 0 Å². The Hall–Kier alpha value is -3.22. The summed E-state index contributed by atoms with van der Waals surface area (Å²) >= 11 is 0. The van der Waals surface area contributed by atoms with Crippen LogP contribution in [0.5, 0.6) is 5.75 Å². The number of carbonyl (C=O) groups excluding carboxylic acids is 2. The fourth-order valence-corrected chi connectivity index (χ4v) is 2.25. The van der Waals surface area contributed by atoms with E-state index in [-0.39, 0.29) is 28.2 Å². The minimum absolute atomic E-state index is 0.0388. The Morgan fingerprint density at radius 3 is 2.14 bits per heavy atom. The molecule has 0 aliphatic heterocycles. The molecule has 1 aliphatic rings. The molecule has 3 rings (SSSR count). The number of nitrogens with zero attached hydrogens (tertiary/aromatic N) is 1. The molecule has 7 nitrogen and oxygen atoms in total. The van der Waals surface area contributed by atoms with Crippen LogP contribution in [0.4, 0.5) is 0 Å². The second kappa shape index (κ2) is 4.71. The minimum atomic E-state index is -1.15. The molecular weight excluding hydrogens is 278 g/mol. The lowest BCUT2D eigenvalue weighted by atomic mass is 9.84. The first-order valence-corrected chi connectivity index (χ1v) is 5.90. The molecule has 0 spiro atoms. The van der Waals surface area contributed by atoms with Crippen molar-refractivity contribution in [1.82, 2.24) is 0 Å². The van der Waals surface area contributed by atoms with Crippen molar-refractivity contribution >= 4 is 11.6 Å². The van der Waals surface area contributed by atoms with Crippen LogP contribution in [0.25, 0.3) is 0 Å². The lowest BCUT2D eigenvalue weighted by Gasteiger charge is -2.18. The Kier molecular flexibility index (Phi) is 2.87. The van der Waals surface area contributed by atoms with Crippen molar-refractivity contribution in [2.24, 2.45) is 0 Å². The maximum absolute atomic E-state index is 12.5. The molecule has 0 amide bonds. The van der Waals surface area contributed by atoms with Crippen LogP contribution in [0, 0.1) is 10.1 Å². The minimum Gasteiger partial charge on any atom is -0.299 e. The van der Waals surface area contributed by atoms with Crippen LogP contribution in [0.1, 0.15) is 31.8 Å². The largest absolute Gasteiger partial charge is 0.331 e. The Morgan fingerprint density at radius 2 is 1.48 bits per heavy atom. The van der Waals surface area contributed by atoms with Crippen molar-refractivity contribution in [2.45, 2.75) is 0 Å². The Bertz CT molecular complexity index is 783. The summed E-state index contributed by atoms with van der Waals surface area (Å²) in [5, 5.41) is 9.04.